The van der Waals surface area contributed by atoms with Crippen LogP contribution in [0.1, 0.15) is 60.3 Å². The lowest BCUT2D eigenvalue weighted by molar-refractivity contribution is -0.142. The predicted octanol–water partition coefficient (Wildman–Crippen LogP) is 3.38. The van der Waals surface area contributed by atoms with E-state index in [1.54, 1.807) is 20.8 Å². The molecule has 5 nitrogen and oxygen atoms in total. The lowest BCUT2D eigenvalue weighted by Crippen LogP contribution is -2.32. The minimum absolute atomic E-state index is 0.124. The van der Waals surface area contributed by atoms with Crippen LogP contribution < -0.4 is 0 Å². The van der Waals surface area contributed by atoms with E-state index in [0.717, 1.165) is 30.4 Å². The van der Waals surface area contributed by atoms with E-state index in [0.29, 0.717) is 12.2 Å². The first-order chi connectivity index (χ1) is 11.5. The summed E-state index contributed by atoms with van der Waals surface area (Å²) in [7, 11) is 0. The third-order valence-electron chi connectivity index (χ3n) is 4.61. The highest BCUT2D eigenvalue weighted by Gasteiger charge is 2.41. The molecule has 0 radical (unpaired) electrons. The molecule has 0 saturated heterocycles. The number of aliphatic hydroxyl groups is 1. The first kappa shape index (κ1) is 19.4. The molecule has 0 fully saturated rings. The SMILES string of the molecule is CC1=CC(=O)O[C@@H](/C=C(\C)CCC[C@](C)(O)C2=CC(=O)C(C)(C)O2)C1. The van der Waals surface area contributed by atoms with Crippen LogP contribution in [-0.2, 0) is 19.1 Å². The number of allylic oxidation sites excluding steroid dienone is 1. The Morgan fingerprint density at radius 3 is 2.64 bits per heavy atom. The first-order valence-electron chi connectivity index (χ1n) is 8.73. The lowest BCUT2D eigenvalue weighted by Gasteiger charge is -2.28. The van der Waals surface area contributed by atoms with E-state index in [1.807, 2.05) is 19.9 Å². The standard InChI is InChI=1S/C20H28O5/c1-13(9-15-10-14(2)11-18(22)24-15)7-6-8-20(5,23)17-12-16(21)19(3,4)25-17/h9,11-12,15,23H,6-8,10H2,1-5H3/b13-9+/t15-,20-/m0/s1. The Kier molecular flexibility index (Phi) is 5.57. The fourth-order valence-corrected chi connectivity index (χ4v) is 3.04. The van der Waals surface area contributed by atoms with Crippen LogP contribution in [0.25, 0.3) is 0 Å². The summed E-state index contributed by atoms with van der Waals surface area (Å²) < 4.78 is 10.9. The molecule has 25 heavy (non-hydrogen) atoms. The summed E-state index contributed by atoms with van der Waals surface area (Å²) >= 11 is 0. The molecule has 138 valence electrons. The number of carbonyl (C=O) groups is 2. The summed E-state index contributed by atoms with van der Waals surface area (Å²) in [6.07, 6.45) is 7.40. The predicted molar refractivity (Wildman–Crippen MR) is 94.7 cm³/mol. The molecule has 5 heteroatoms. The molecule has 2 rings (SSSR count). The van der Waals surface area contributed by atoms with Crippen molar-refractivity contribution in [1.29, 1.82) is 0 Å². The summed E-state index contributed by atoms with van der Waals surface area (Å²) in [4.78, 5) is 23.3. The Morgan fingerprint density at radius 2 is 2.08 bits per heavy atom. The van der Waals surface area contributed by atoms with Crippen molar-refractivity contribution < 1.29 is 24.2 Å². The molecule has 0 spiro atoms. The molecule has 2 aliphatic rings. The van der Waals surface area contributed by atoms with Crippen molar-refractivity contribution in [3.05, 3.63) is 35.1 Å². The van der Waals surface area contributed by atoms with Gasteiger partial charge in [0.05, 0.1) is 0 Å². The third-order valence-corrected chi connectivity index (χ3v) is 4.61. The molecule has 2 atom stereocenters. The zero-order valence-electron chi connectivity index (χ0n) is 15.7. The van der Waals surface area contributed by atoms with E-state index < -0.39 is 11.2 Å². The van der Waals surface area contributed by atoms with Crippen molar-refractivity contribution in [1.82, 2.24) is 0 Å². The molecule has 0 aliphatic carbocycles. The summed E-state index contributed by atoms with van der Waals surface area (Å²) in [6.45, 7) is 8.98. The van der Waals surface area contributed by atoms with E-state index >= 15 is 0 Å². The Labute approximate surface area is 149 Å². The summed E-state index contributed by atoms with van der Waals surface area (Å²) in [6, 6.07) is 0. The maximum absolute atomic E-state index is 11.8. The normalized spacial score (nSPS) is 25.7. The van der Waals surface area contributed by atoms with Crippen LogP contribution in [0.3, 0.4) is 0 Å². The topological polar surface area (TPSA) is 72.8 Å². The molecular formula is C20H28O5. The molecule has 1 N–H and O–H groups in total. The molecular weight excluding hydrogens is 320 g/mol. The zero-order valence-corrected chi connectivity index (χ0v) is 15.7. The van der Waals surface area contributed by atoms with E-state index in [4.69, 9.17) is 9.47 Å². The molecule has 0 aromatic carbocycles. The fraction of sp³-hybridized carbons (Fsp3) is 0.600. The summed E-state index contributed by atoms with van der Waals surface area (Å²) in [5, 5.41) is 10.6. The molecule has 0 aromatic rings. The van der Waals surface area contributed by atoms with Crippen LogP contribution in [0.5, 0.6) is 0 Å². The Morgan fingerprint density at radius 1 is 1.40 bits per heavy atom. The van der Waals surface area contributed by atoms with Gasteiger partial charge in [0, 0.05) is 18.6 Å². The molecule has 2 heterocycles. The highest BCUT2D eigenvalue weighted by molar-refractivity contribution is 5.99. The second kappa shape index (κ2) is 7.16. The zero-order chi connectivity index (χ0) is 18.8. The number of cyclic esters (lactones) is 1. The number of esters is 1. The van der Waals surface area contributed by atoms with E-state index in [-0.39, 0.29) is 17.9 Å². The van der Waals surface area contributed by atoms with Crippen molar-refractivity contribution in [3.63, 3.8) is 0 Å². The third kappa shape index (κ3) is 5.05. The highest BCUT2D eigenvalue weighted by atomic mass is 16.5. The number of hydrogen-bond acceptors (Lipinski definition) is 5. The van der Waals surface area contributed by atoms with Crippen LogP contribution >= 0.6 is 0 Å². The van der Waals surface area contributed by atoms with Crippen molar-refractivity contribution in [2.24, 2.45) is 0 Å². The van der Waals surface area contributed by atoms with E-state index in [1.165, 1.54) is 12.2 Å². The molecule has 0 amide bonds. The molecule has 0 saturated carbocycles. The Hall–Kier alpha value is -1.88. The molecule has 0 aromatic heterocycles. The van der Waals surface area contributed by atoms with Gasteiger partial charge in [-0.3, -0.25) is 4.79 Å². The van der Waals surface area contributed by atoms with Crippen LogP contribution in [0.15, 0.2) is 35.1 Å². The molecule has 0 bridgehead atoms. The highest BCUT2D eigenvalue weighted by Crippen LogP contribution is 2.34. The van der Waals surface area contributed by atoms with Gasteiger partial charge in [0.1, 0.15) is 17.5 Å². The van der Waals surface area contributed by atoms with Gasteiger partial charge in [-0.15, -0.1) is 0 Å². The van der Waals surface area contributed by atoms with Gasteiger partial charge in [0.25, 0.3) is 0 Å². The summed E-state index contributed by atoms with van der Waals surface area (Å²) in [5.74, 6) is -0.0779. The van der Waals surface area contributed by atoms with Gasteiger partial charge in [-0.05, 0) is 60.0 Å². The second-order valence-corrected chi connectivity index (χ2v) is 7.80. The second-order valence-electron chi connectivity index (χ2n) is 7.80. The lowest BCUT2D eigenvalue weighted by atomic mass is 9.94. The fourth-order valence-electron chi connectivity index (χ4n) is 3.04. The van der Waals surface area contributed by atoms with Gasteiger partial charge in [-0.2, -0.15) is 0 Å². The Bertz CT molecular complexity index is 649. The van der Waals surface area contributed by atoms with Crippen molar-refractivity contribution in [2.45, 2.75) is 77.6 Å². The summed E-state index contributed by atoms with van der Waals surface area (Å²) in [5.41, 5.74) is 0.0676. The smallest absolute Gasteiger partial charge is 0.331 e. The van der Waals surface area contributed by atoms with Gasteiger partial charge in [0.15, 0.2) is 5.60 Å². The average Bonchev–Trinajstić information content (AvgIpc) is 2.72. The first-order valence-corrected chi connectivity index (χ1v) is 8.73. The minimum atomic E-state index is -1.17. The monoisotopic (exact) mass is 348 g/mol. The van der Waals surface area contributed by atoms with E-state index in [2.05, 4.69) is 0 Å². The van der Waals surface area contributed by atoms with Crippen molar-refractivity contribution >= 4 is 11.8 Å². The van der Waals surface area contributed by atoms with Gasteiger partial charge in [-0.1, -0.05) is 11.1 Å². The number of ketones is 1. The van der Waals surface area contributed by atoms with Gasteiger partial charge in [0.2, 0.25) is 5.78 Å². The quantitative estimate of drug-likeness (QED) is 0.588. The number of ether oxygens (including phenoxy) is 2. The minimum Gasteiger partial charge on any atom is -0.481 e. The van der Waals surface area contributed by atoms with Crippen molar-refractivity contribution in [3.8, 4) is 0 Å². The van der Waals surface area contributed by atoms with Gasteiger partial charge < -0.3 is 14.6 Å². The number of carbonyl (C=O) groups excluding carboxylic acids is 2. The van der Waals surface area contributed by atoms with Crippen LogP contribution in [0.4, 0.5) is 0 Å². The average molecular weight is 348 g/mol. The Balaban J connectivity index is 1.86. The molecule has 2 aliphatic heterocycles. The van der Waals surface area contributed by atoms with E-state index in [9.17, 15) is 14.7 Å². The molecule has 0 unspecified atom stereocenters. The maximum atomic E-state index is 11.8. The number of hydrogen-bond donors (Lipinski definition) is 1. The largest absolute Gasteiger partial charge is 0.481 e. The van der Waals surface area contributed by atoms with Crippen LogP contribution in [0.2, 0.25) is 0 Å². The van der Waals surface area contributed by atoms with Crippen LogP contribution in [-0.4, -0.2) is 34.2 Å². The van der Waals surface area contributed by atoms with Gasteiger partial charge in [-0.25, -0.2) is 4.79 Å². The van der Waals surface area contributed by atoms with Gasteiger partial charge >= 0.3 is 5.97 Å². The van der Waals surface area contributed by atoms with Crippen LogP contribution in [0, 0.1) is 0 Å². The van der Waals surface area contributed by atoms with Crippen molar-refractivity contribution in [2.75, 3.05) is 0 Å². The number of rotatable bonds is 6. The maximum Gasteiger partial charge on any atom is 0.331 e.